The van der Waals surface area contributed by atoms with Crippen LogP contribution in [0.2, 0.25) is 0 Å². The highest BCUT2D eigenvalue weighted by Crippen LogP contribution is 2.63. The van der Waals surface area contributed by atoms with Crippen molar-refractivity contribution < 1.29 is 27.2 Å². The molecule has 0 aliphatic carbocycles. The summed E-state index contributed by atoms with van der Waals surface area (Å²) in [7, 11) is -5.67. The van der Waals surface area contributed by atoms with E-state index in [4.69, 9.17) is 18.1 Å². The molecule has 0 aromatic carbocycles. The largest absolute Gasteiger partial charge is 0.342 e. The van der Waals surface area contributed by atoms with E-state index in [1.165, 1.54) is 7.11 Å². The monoisotopic (exact) mass is 400 g/mol. The van der Waals surface area contributed by atoms with E-state index in [9.17, 15) is 9.13 Å². The smallest absolute Gasteiger partial charge is 0.311 e. The Bertz CT molecular complexity index is 387. The Morgan fingerprint density at radius 3 is 1.28 bits per heavy atom. The van der Waals surface area contributed by atoms with Crippen LogP contribution in [-0.2, 0) is 27.2 Å². The van der Waals surface area contributed by atoms with Crippen LogP contribution in [0.1, 0.15) is 78.6 Å². The van der Waals surface area contributed by atoms with Gasteiger partial charge in [-0.25, -0.2) is 0 Å². The van der Waals surface area contributed by atoms with Crippen LogP contribution in [0.15, 0.2) is 0 Å². The molecule has 0 aromatic rings. The molecular weight excluding hydrogens is 362 g/mol. The van der Waals surface area contributed by atoms with Crippen molar-refractivity contribution in [2.75, 3.05) is 32.8 Å². The van der Waals surface area contributed by atoms with Gasteiger partial charge in [-0.1, -0.05) is 59.3 Å². The first-order valence-corrected chi connectivity index (χ1v) is 13.1. The molecule has 8 heteroatoms. The molecule has 0 N–H and O–H groups in total. The molecule has 0 saturated carbocycles. The van der Waals surface area contributed by atoms with Gasteiger partial charge in [-0.05, 0) is 19.3 Å². The second-order valence-corrected chi connectivity index (χ2v) is 10.9. The first kappa shape index (κ1) is 25.3. The Balaban J connectivity index is 4.71. The highest BCUT2D eigenvalue weighted by molar-refractivity contribution is 7.71. The molecule has 0 heterocycles. The predicted molar refractivity (Wildman–Crippen MR) is 104 cm³/mol. The van der Waals surface area contributed by atoms with Crippen LogP contribution in [0.3, 0.4) is 0 Å². The van der Waals surface area contributed by atoms with E-state index in [-0.39, 0.29) is 5.90 Å². The molecule has 0 radical (unpaired) electrons. The lowest BCUT2D eigenvalue weighted by Gasteiger charge is -2.23. The first-order chi connectivity index (χ1) is 11.9. The van der Waals surface area contributed by atoms with E-state index in [0.29, 0.717) is 19.8 Å². The summed E-state index contributed by atoms with van der Waals surface area (Å²) in [6, 6.07) is 0. The van der Waals surface area contributed by atoms with Crippen molar-refractivity contribution in [1.82, 2.24) is 0 Å². The first-order valence-electron chi connectivity index (χ1n) is 9.62. The van der Waals surface area contributed by atoms with Crippen molar-refractivity contribution >= 4 is 15.2 Å². The minimum absolute atomic E-state index is 0.319. The summed E-state index contributed by atoms with van der Waals surface area (Å²) < 4.78 is 47.4. The molecule has 0 spiro atoms. The third-order valence-corrected chi connectivity index (χ3v) is 8.79. The lowest BCUT2D eigenvalue weighted by atomic mass is 10.3. The van der Waals surface area contributed by atoms with Gasteiger partial charge in [0, 0.05) is 7.11 Å². The molecular formula is C17H38O6P2. The molecule has 0 aliphatic heterocycles. The average Bonchev–Trinajstić information content (AvgIpc) is 2.60. The highest BCUT2D eigenvalue weighted by atomic mass is 31.2. The third kappa shape index (κ3) is 13.2. The fourth-order valence-corrected chi connectivity index (χ4v) is 6.69. The minimum atomic E-state index is -3.51. The molecule has 6 nitrogen and oxygen atoms in total. The normalized spacial score (nSPS) is 14.6. The van der Waals surface area contributed by atoms with Gasteiger partial charge in [-0.15, -0.1) is 0 Å². The van der Waals surface area contributed by atoms with E-state index in [1.807, 2.05) is 0 Å². The van der Waals surface area contributed by atoms with Crippen molar-refractivity contribution in [3.05, 3.63) is 0 Å². The summed E-state index contributed by atoms with van der Waals surface area (Å²) in [6.45, 7) is 7.24. The van der Waals surface area contributed by atoms with Crippen LogP contribution in [0, 0.1) is 0 Å². The van der Waals surface area contributed by atoms with Gasteiger partial charge in [0.2, 0.25) is 0 Å². The number of hydrogen-bond acceptors (Lipinski definition) is 6. The van der Waals surface area contributed by atoms with Gasteiger partial charge < -0.3 is 18.1 Å². The minimum Gasteiger partial charge on any atom is -0.311 e. The molecule has 0 rings (SSSR count). The summed E-state index contributed by atoms with van der Waals surface area (Å²) in [5, 5.41) is 0. The molecule has 0 saturated heterocycles. The standard InChI is InChI=1S/C17H38O6P2/c1-5-8-11-14-21-24(18,20-4)17-25(19,22-15-12-9-6-2)23-16-13-10-7-3/h5-17H2,1-4H3. The molecule has 0 amide bonds. The summed E-state index contributed by atoms with van der Waals surface area (Å²) in [5.74, 6) is -0.319. The van der Waals surface area contributed by atoms with E-state index in [0.717, 1.165) is 57.8 Å². The summed E-state index contributed by atoms with van der Waals surface area (Å²) in [4.78, 5) is 0. The van der Waals surface area contributed by atoms with Crippen molar-refractivity contribution in [3.63, 3.8) is 0 Å². The SMILES string of the molecule is CCCCCOP(=O)(CP(=O)(OCCCCC)OCCCCC)OC. The van der Waals surface area contributed by atoms with Crippen molar-refractivity contribution in [3.8, 4) is 0 Å². The number of hydrogen-bond donors (Lipinski definition) is 0. The number of rotatable bonds is 18. The Morgan fingerprint density at radius 2 is 0.960 bits per heavy atom. The number of unbranched alkanes of at least 4 members (excludes halogenated alkanes) is 6. The fraction of sp³-hybridized carbons (Fsp3) is 1.00. The van der Waals surface area contributed by atoms with Crippen molar-refractivity contribution in [1.29, 1.82) is 0 Å². The zero-order chi connectivity index (χ0) is 19.0. The summed E-state index contributed by atoms with van der Waals surface area (Å²) in [5.41, 5.74) is 0. The van der Waals surface area contributed by atoms with Gasteiger partial charge in [-0.3, -0.25) is 9.13 Å². The van der Waals surface area contributed by atoms with Crippen LogP contribution in [0.4, 0.5) is 0 Å². The van der Waals surface area contributed by atoms with Gasteiger partial charge in [0.05, 0.1) is 19.8 Å². The lowest BCUT2D eigenvalue weighted by Crippen LogP contribution is -2.07. The van der Waals surface area contributed by atoms with Crippen molar-refractivity contribution in [2.45, 2.75) is 78.6 Å². The zero-order valence-electron chi connectivity index (χ0n) is 16.5. The lowest BCUT2D eigenvalue weighted by molar-refractivity contribution is 0.194. The molecule has 1 unspecified atom stereocenters. The highest BCUT2D eigenvalue weighted by Gasteiger charge is 2.38. The Labute approximate surface area is 154 Å². The second kappa shape index (κ2) is 15.4. The average molecular weight is 400 g/mol. The van der Waals surface area contributed by atoms with E-state index < -0.39 is 15.2 Å². The molecule has 152 valence electrons. The second-order valence-electron chi connectivity index (χ2n) is 6.17. The Hall–Kier alpha value is 0.300. The Kier molecular flexibility index (Phi) is 15.6. The van der Waals surface area contributed by atoms with Crippen LogP contribution >= 0.6 is 15.2 Å². The van der Waals surface area contributed by atoms with Gasteiger partial charge in [0.1, 0.15) is 0 Å². The molecule has 25 heavy (non-hydrogen) atoms. The van der Waals surface area contributed by atoms with Gasteiger partial charge in [0.25, 0.3) is 0 Å². The molecule has 0 aromatic heterocycles. The molecule has 1 atom stereocenters. The molecule has 0 fully saturated rings. The van der Waals surface area contributed by atoms with Crippen LogP contribution in [-0.4, -0.2) is 32.8 Å². The summed E-state index contributed by atoms with van der Waals surface area (Å²) in [6.07, 6.45) is 8.49. The zero-order valence-corrected chi connectivity index (χ0v) is 18.3. The Morgan fingerprint density at radius 1 is 0.600 bits per heavy atom. The van der Waals surface area contributed by atoms with Gasteiger partial charge in [0.15, 0.2) is 5.90 Å². The van der Waals surface area contributed by atoms with E-state index in [2.05, 4.69) is 20.8 Å². The topological polar surface area (TPSA) is 71.1 Å². The van der Waals surface area contributed by atoms with Gasteiger partial charge >= 0.3 is 15.2 Å². The van der Waals surface area contributed by atoms with Crippen LogP contribution in [0.25, 0.3) is 0 Å². The molecule has 0 aliphatic rings. The van der Waals surface area contributed by atoms with Crippen LogP contribution in [0.5, 0.6) is 0 Å². The maximum atomic E-state index is 13.0. The van der Waals surface area contributed by atoms with Crippen molar-refractivity contribution in [2.24, 2.45) is 0 Å². The maximum absolute atomic E-state index is 13.0. The summed E-state index contributed by atoms with van der Waals surface area (Å²) >= 11 is 0. The molecule has 0 bridgehead atoms. The van der Waals surface area contributed by atoms with Crippen LogP contribution < -0.4 is 0 Å². The maximum Gasteiger partial charge on any atom is 0.342 e. The van der Waals surface area contributed by atoms with E-state index in [1.54, 1.807) is 0 Å². The van der Waals surface area contributed by atoms with E-state index >= 15 is 0 Å². The quantitative estimate of drug-likeness (QED) is 0.191. The third-order valence-electron chi connectivity index (χ3n) is 3.73. The fourth-order valence-electron chi connectivity index (χ4n) is 2.15. The van der Waals surface area contributed by atoms with Gasteiger partial charge in [-0.2, -0.15) is 0 Å². The predicted octanol–water partition coefficient (Wildman–Crippen LogP) is 6.60.